The third-order valence-electron chi connectivity index (χ3n) is 1.46. The third kappa shape index (κ3) is 3.05. The number of hydrogen-bond acceptors (Lipinski definition) is 2. The van der Waals surface area contributed by atoms with Crippen LogP contribution in [0.2, 0.25) is 5.02 Å². The van der Waals surface area contributed by atoms with E-state index in [1.807, 2.05) is 12.1 Å². The van der Waals surface area contributed by atoms with Crippen molar-refractivity contribution in [1.82, 2.24) is 0 Å². The summed E-state index contributed by atoms with van der Waals surface area (Å²) in [6.45, 7) is 0. The van der Waals surface area contributed by atoms with Crippen molar-refractivity contribution in [2.45, 2.75) is 0 Å². The Morgan fingerprint density at radius 2 is 2.08 bits per heavy atom. The summed E-state index contributed by atoms with van der Waals surface area (Å²) >= 11 is 10.5. The molecule has 1 rings (SSSR count). The molecule has 0 aliphatic heterocycles. The molecule has 0 radical (unpaired) electrons. The number of rotatable bonds is 2. The molecule has 0 atom stereocenters. The van der Waals surface area contributed by atoms with Crippen LogP contribution in [0.25, 0.3) is 5.70 Å². The average Bonchev–Trinajstić information content (AvgIpc) is 2.03. The van der Waals surface area contributed by atoms with Crippen LogP contribution in [0.5, 0.6) is 0 Å². The lowest BCUT2D eigenvalue weighted by molar-refractivity contribution is 1.52. The molecule has 0 aliphatic carbocycles. The smallest absolute Gasteiger partial charge is 0.0982 e. The van der Waals surface area contributed by atoms with Gasteiger partial charge in [0.1, 0.15) is 0 Å². The van der Waals surface area contributed by atoms with E-state index in [1.165, 1.54) is 6.08 Å². The molecule has 1 aromatic carbocycles. The van der Waals surface area contributed by atoms with E-state index in [0.717, 1.165) is 5.56 Å². The number of nitrogens with two attached hydrogens (primary N) is 2. The van der Waals surface area contributed by atoms with Crippen LogP contribution in [0, 0.1) is 0 Å². The molecule has 0 saturated carbocycles. The van der Waals surface area contributed by atoms with Crippen LogP contribution >= 0.6 is 23.8 Å². The minimum atomic E-state index is 0.262. The number of thiocarbonyl (C=S) groups is 1. The zero-order valence-electron chi connectivity index (χ0n) is 6.83. The van der Waals surface area contributed by atoms with Crippen LogP contribution < -0.4 is 11.5 Å². The summed E-state index contributed by atoms with van der Waals surface area (Å²) in [6, 6.07) is 7.19. The Hall–Kier alpha value is -1.06. The van der Waals surface area contributed by atoms with Gasteiger partial charge in [-0.3, -0.25) is 0 Å². The zero-order valence-corrected chi connectivity index (χ0v) is 8.40. The standard InChI is InChI=1S/C9H9ClN2S/c10-7-3-1-2-6(4-7)8(11)5-9(12)13/h1-5H,11H2,(H2,12,13)/b8-5+. The molecular formula is C9H9ClN2S. The summed E-state index contributed by atoms with van der Waals surface area (Å²) in [4.78, 5) is 0.262. The molecular weight excluding hydrogens is 204 g/mol. The van der Waals surface area contributed by atoms with Crippen molar-refractivity contribution in [3.63, 3.8) is 0 Å². The molecule has 0 bridgehead atoms. The van der Waals surface area contributed by atoms with Gasteiger partial charge in [-0.25, -0.2) is 0 Å². The molecule has 0 aromatic heterocycles. The van der Waals surface area contributed by atoms with Crippen LogP contribution in [0.1, 0.15) is 5.56 Å². The van der Waals surface area contributed by atoms with E-state index in [9.17, 15) is 0 Å². The quantitative estimate of drug-likeness (QED) is 0.582. The average molecular weight is 213 g/mol. The summed E-state index contributed by atoms with van der Waals surface area (Å²) in [7, 11) is 0. The first kappa shape index (κ1) is 10.0. The highest BCUT2D eigenvalue weighted by Gasteiger charge is 1.97. The fraction of sp³-hybridized carbons (Fsp3) is 0. The lowest BCUT2D eigenvalue weighted by Crippen LogP contribution is -2.07. The van der Waals surface area contributed by atoms with Crippen molar-refractivity contribution >= 4 is 34.5 Å². The Morgan fingerprint density at radius 1 is 1.38 bits per heavy atom. The van der Waals surface area contributed by atoms with Gasteiger partial charge in [0.05, 0.1) is 4.99 Å². The molecule has 0 heterocycles. The highest BCUT2D eigenvalue weighted by molar-refractivity contribution is 7.80. The molecule has 13 heavy (non-hydrogen) atoms. The molecule has 0 saturated heterocycles. The fourth-order valence-electron chi connectivity index (χ4n) is 0.905. The van der Waals surface area contributed by atoms with Gasteiger partial charge in [0, 0.05) is 10.7 Å². The van der Waals surface area contributed by atoms with Crippen molar-refractivity contribution in [2.75, 3.05) is 0 Å². The van der Waals surface area contributed by atoms with Gasteiger partial charge < -0.3 is 11.5 Å². The van der Waals surface area contributed by atoms with Gasteiger partial charge in [0.15, 0.2) is 0 Å². The van der Waals surface area contributed by atoms with Crippen molar-refractivity contribution in [1.29, 1.82) is 0 Å². The predicted octanol–water partition coefficient (Wildman–Crippen LogP) is 1.93. The minimum absolute atomic E-state index is 0.262. The molecule has 0 spiro atoms. The highest BCUT2D eigenvalue weighted by Crippen LogP contribution is 2.14. The maximum atomic E-state index is 5.78. The minimum Gasteiger partial charge on any atom is -0.398 e. The number of benzene rings is 1. The van der Waals surface area contributed by atoms with Crippen LogP contribution in [-0.4, -0.2) is 4.99 Å². The molecule has 4 N–H and O–H groups in total. The van der Waals surface area contributed by atoms with Gasteiger partial charge in [0.2, 0.25) is 0 Å². The van der Waals surface area contributed by atoms with Crippen molar-refractivity contribution in [3.05, 3.63) is 40.9 Å². The van der Waals surface area contributed by atoms with E-state index in [0.29, 0.717) is 10.7 Å². The van der Waals surface area contributed by atoms with Crippen molar-refractivity contribution in [3.8, 4) is 0 Å². The number of hydrogen-bond donors (Lipinski definition) is 2. The highest BCUT2D eigenvalue weighted by atomic mass is 35.5. The first-order chi connectivity index (χ1) is 6.09. The third-order valence-corrected chi connectivity index (χ3v) is 1.81. The van der Waals surface area contributed by atoms with E-state index in [1.54, 1.807) is 12.1 Å². The maximum absolute atomic E-state index is 5.78. The van der Waals surface area contributed by atoms with E-state index in [2.05, 4.69) is 0 Å². The Labute approximate surface area is 87.2 Å². The molecule has 0 unspecified atom stereocenters. The largest absolute Gasteiger partial charge is 0.398 e. The number of halogens is 1. The first-order valence-electron chi connectivity index (χ1n) is 3.62. The second kappa shape index (κ2) is 4.25. The van der Waals surface area contributed by atoms with Gasteiger partial charge in [-0.2, -0.15) is 0 Å². The van der Waals surface area contributed by atoms with Crippen LogP contribution in [0.3, 0.4) is 0 Å². The van der Waals surface area contributed by atoms with Crippen LogP contribution in [0.4, 0.5) is 0 Å². The second-order valence-electron chi connectivity index (χ2n) is 2.51. The molecule has 4 heteroatoms. The Morgan fingerprint density at radius 3 is 2.62 bits per heavy atom. The summed E-state index contributed by atoms with van der Waals surface area (Å²) in [5.41, 5.74) is 12.4. The van der Waals surface area contributed by atoms with E-state index in [4.69, 9.17) is 35.3 Å². The van der Waals surface area contributed by atoms with E-state index >= 15 is 0 Å². The Bertz CT molecular complexity index is 360. The SMILES string of the molecule is NC(=S)/C=C(/N)c1cccc(Cl)c1. The van der Waals surface area contributed by atoms with Crippen molar-refractivity contribution < 1.29 is 0 Å². The first-order valence-corrected chi connectivity index (χ1v) is 4.41. The molecule has 1 aromatic rings. The second-order valence-corrected chi connectivity index (χ2v) is 3.42. The predicted molar refractivity (Wildman–Crippen MR) is 60.4 cm³/mol. The van der Waals surface area contributed by atoms with Gasteiger partial charge in [-0.05, 0) is 23.8 Å². The van der Waals surface area contributed by atoms with Crippen molar-refractivity contribution in [2.24, 2.45) is 11.5 Å². The fourth-order valence-corrected chi connectivity index (χ4v) is 1.22. The summed E-state index contributed by atoms with van der Waals surface area (Å²) < 4.78 is 0. The summed E-state index contributed by atoms with van der Waals surface area (Å²) in [5.74, 6) is 0. The molecule has 68 valence electrons. The zero-order chi connectivity index (χ0) is 9.84. The Balaban J connectivity index is 3.02. The monoisotopic (exact) mass is 212 g/mol. The van der Waals surface area contributed by atoms with Gasteiger partial charge in [-0.1, -0.05) is 36.0 Å². The summed E-state index contributed by atoms with van der Waals surface area (Å²) in [5, 5.41) is 0.636. The molecule has 0 amide bonds. The molecule has 2 nitrogen and oxygen atoms in total. The summed E-state index contributed by atoms with van der Waals surface area (Å²) in [6.07, 6.45) is 1.53. The van der Waals surface area contributed by atoms with Gasteiger partial charge >= 0.3 is 0 Å². The van der Waals surface area contributed by atoms with Gasteiger partial charge in [0.25, 0.3) is 0 Å². The maximum Gasteiger partial charge on any atom is 0.0982 e. The normalized spacial score (nSPS) is 11.3. The van der Waals surface area contributed by atoms with Crippen LogP contribution in [-0.2, 0) is 0 Å². The topological polar surface area (TPSA) is 52.0 Å². The van der Waals surface area contributed by atoms with Crippen LogP contribution in [0.15, 0.2) is 30.3 Å². The Kier molecular flexibility index (Phi) is 3.28. The van der Waals surface area contributed by atoms with E-state index in [-0.39, 0.29) is 4.99 Å². The molecule has 0 fully saturated rings. The van der Waals surface area contributed by atoms with Gasteiger partial charge in [-0.15, -0.1) is 0 Å². The van der Waals surface area contributed by atoms with E-state index < -0.39 is 0 Å². The molecule has 0 aliphatic rings. The lowest BCUT2D eigenvalue weighted by Gasteiger charge is -2.01. The lowest BCUT2D eigenvalue weighted by atomic mass is 10.1.